The van der Waals surface area contributed by atoms with E-state index in [-0.39, 0.29) is 24.4 Å². The molecule has 0 aromatic rings. The molecule has 0 aromatic carbocycles. The SMILES string of the molecule is C/C=C/[C@H](O)[C@H]1CC[C@H]([C@H]2CC[C@H]([C@@H](O)/C=C/C)O2)O1. The fraction of sp³-hybridized carbons (Fsp3) is 0.750. The first-order chi connectivity index (χ1) is 9.65. The molecular formula is C16H26O4. The number of allylic oxidation sites excluding steroid dienone is 2. The summed E-state index contributed by atoms with van der Waals surface area (Å²) in [6.07, 6.45) is 9.54. The normalized spacial score (nSPS) is 38.0. The molecule has 0 amide bonds. The van der Waals surface area contributed by atoms with E-state index < -0.39 is 12.2 Å². The molecule has 0 unspecified atom stereocenters. The predicted molar refractivity (Wildman–Crippen MR) is 77.4 cm³/mol. The third-order valence-corrected chi connectivity index (χ3v) is 4.13. The van der Waals surface area contributed by atoms with Gasteiger partial charge in [-0.2, -0.15) is 0 Å². The fourth-order valence-electron chi connectivity index (χ4n) is 3.07. The summed E-state index contributed by atoms with van der Waals surface area (Å²) in [7, 11) is 0. The largest absolute Gasteiger partial charge is 0.386 e. The Bertz CT molecular complexity index is 318. The molecule has 2 rings (SSSR count). The van der Waals surface area contributed by atoms with Gasteiger partial charge in [-0.1, -0.05) is 24.3 Å². The second-order valence-corrected chi connectivity index (χ2v) is 5.61. The van der Waals surface area contributed by atoms with Gasteiger partial charge in [0.05, 0.1) is 36.6 Å². The lowest BCUT2D eigenvalue weighted by atomic mass is 10.0. The van der Waals surface area contributed by atoms with Crippen LogP contribution in [-0.2, 0) is 9.47 Å². The Morgan fingerprint density at radius 1 is 0.800 bits per heavy atom. The molecule has 2 fully saturated rings. The Hall–Kier alpha value is -0.680. The Kier molecular flexibility index (Phi) is 5.78. The summed E-state index contributed by atoms with van der Waals surface area (Å²) in [6.45, 7) is 3.78. The van der Waals surface area contributed by atoms with Crippen LogP contribution in [0.2, 0.25) is 0 Å². The van der Waals surface area contributed by atoms with Crippen molar-refractivity contribution in [1.29, 1.82) is 0 Å². The minimum absolute atomic E-state index is 0.0442. The summed E-state index contributed by atoms with van der Waals surface area (Å²) in [5.41, 5.74) is 0. The molecule has 2 aliphatic heterocycles. The molecule has 2 saturated heterocycles. The highest BCUT2D eigenvalue weighted by molar-refractivity contribution is 4.97. The van der Waals surface area contributed by atoms with E-state index in [1.54, 1.807) is 12.2 Å². The van der Waals surface area contributed by atoms with Crippen LogP contribution in [0.25, 0.3) is 0 Å². The molecule has 114 valence electrons. The van der Waals surface area contributed by atoms with Gasteiger partial charge in [0.15, 0.2) is 0 Å². The van der Waals surface area contributed by atoms with Crippen molar-refractivity contribution in [3.63, 3.8) is 0 Å². The Labute approximate surface area is 121 Å². The molecule has 20 heavy (non-hydrogen) atoms. The number of aliphatic hydroxyl groups is 2. The Morgan fingerprint density at radius 2 is 1.20 bits per heavy atom. The molecule has 0 aromatic heterocycles. The first kappa shape index (κ1) is 15.7. The first-order valence-corrected chi connectivity index (χ1v) is 7.58. The average molecular weight is 282 g/mol. The van der Waals surface area contributed by atoms with Crippen LogP contribution in [-0.4, -0.2) is 46.8 Å². The van der Waals surface area contributed by atoms with Gasteiger partial charge in [-0.25, -0.2) is 0 Å². The highest BCUT2D eigenvalue weighted by Crippen LogP contribution is 2.33. The van der Waals surface area contributed by atoms with E-state index in [0.29, 0.717) is 0 Å². The molecule has 2 aliphatic rings. The monoisotopic (exact) mass is 282 g/mol. The van der Waals surface area contributed by atoms with Crippen LogP contribution in [0.15, 0.2) is 24.3 Å². The highest BCUT2D eigenvalue weighted by Gasteiger charge is 2.40. The van der Waals surface area contributed by atoms with Gasteiger partial charge in [0.1, 0.15) is 0 Å². The lowest BCUT2D eigenvalue weighted by molar-refractivity contribution is -0.0974. The number of aliphatic hydroxyl groups excluding tert-OH is 2. The zero-order valence-electron chi connectivity index (χ0n) is 12.3. The second kappa shape index (κ2) is 7.36. The Morgan fingerprint density at radius 3 is 1.55 bits per heavy atom. The molecule has 2 N–H and O–H groups in total. The van der Waals surface area contributed by atoms with Crippen LogP contribution in [0.5, 0.6) is 0 Å². The van der Waals surface area contributed by atoms with E-state index in [2.05, 4.69) is 0 Å². The van der Waals surface area contributed by atoms with Gasteiger partial charge >= 0.3 is 0 Å². The Balaban J connectivity index is 1.83. The predicted octanol–water partition coefficient (Wildman–Crippen LogP) is 1.96. The average Bonchev–Trinajstić information content (AvgIpc) is 3.08. The van der Waals surface area contributed by atoms with Crippen molar-refractivity contribution < 1.29 is 19.7 Å². The van der Waals surface area contributed by atoms with Crippen molar-refractivity contribution in [2.24, 2.45) is 0 Å². The number of hydrogen-bond acceptors (Lipinski definition) is 4. The van der Waals surface area contributed by atoms with E-state index >= 15 is 0 Å². The van der Waals surface area contributed by atoms with E-state index in [0.717, 1.165) is 25.7 Å². The number of ether oxygens (including phenoxy) is 2. The summed E-state index contributed by atoms with van der Waals surface area (Å²) in [5, 5.41) is 19.8. The van der Waals surface area contributed by atoms with Crippen molar-refractivity contribution in [2.45, 2.75) is 76.2 Å². The summed E-state index contributed by atoms with van der Waals surface area (Å²) >= 11 is 0. The maximum Gasteiger partial charge on any atom is 0.0982 e. The lowest BCUT2D eigenvalue weighted by Gasteiger charge is -2.22. The summed E-state index contributed by atoms with van der Waals surface area (Å²) in [5.74, 6) is 0. The maximum atomic E-state index is 9.92. The van der Waals surface area contributed by atoms with Crippen LogP contribution < -0.4 is 0 Å². The molecule has 4 nitrogen and oxygen atoms in total. The molecule has 6 atom stereocenters. The third kappa shape index (κ3) is 3.70. The van der Waals surface area contributed by atoms with Crippen LogP contribution in [0, 0.1) is 0 Å². The van der Waals surface area contributed by atoms with Gasteiger partial charge < -0.3 is 19.7 Å². The standard InChI is InChI=1S/C16H26O4/c1-3-5-11(17)13-7-9-15(19-13)16-10-8-14(20-16)12(18)6-4-2/h3-6,11-18H,7-10H2,1-2H3/b5-3+,6-4+/t11-,12-,13+,14+,15+,16+/m0/s1. The fourth-order valence-corrected chi connectivity index (χ4v) is 3.07. The van der Waals surface area contributed by atoms with E-state index in [9.17, 15) is 10.2 Å². The molecule has 0 spiro atoms. The van der Waals surface area contributed by atoms with Crippen molar-refractivity contribution >= 4 is 0 Å². The van der Waals surface area contributed by atoms with E-state index in [4.69, 9.17) is 9.47 Å². The van der Waals surface area contributed by atoms with Gasteiger partial charge in [-0.15, -0.1) is 0 Å². The molecule has 2 heterocycles. The van der Waals surface area contributed by atoms with Crippen LogP contribution in [0.4, 0.5) is 0 Å². The van der Waals surface area contributed by atoms with Crippen LogP contribution in [0.3, 0.4) is 0 Å². The maximum absolute atomic E-state index is 9.92. The van der Waals surface area contributed by atoms with Crippen molar-refractivity contribution in [1.82, 2.24) is 0 Å². The number of hydrogen-bond donors (Lipinski definition) is 2. The van der Waals surface area contributed by atoms with Gasteiger partial charge in [-0.05, 0) is 39.5 Å². The van der Waals surface area contributed by atoms with Crippen molar-refractivity contribution in [2.75, 3.05) is 0 Å². The summed E-state index contributed by atoms with van der Waals surface area (Å²) in [6, 6.07) is 0. The van der Waals surface area contributed by atoms with E-state index in [1.165, 1.54) is 0 Å². The van der Waals surface area contributed by atoms with Crippen LogP contribution in [0.1, 0.15) is 39.5 Å². The highest BCUT2D eigenvalue weighted by atomic mass is 16.6. The van der Waals surface area contributed by atoms with E-state index in [1.807, 2.05) is 26.0 Å². The molecule has 0 saturated carbocycles. The minimum atomic E-state index is -0.532. The topological polar surface area (TPSA) is 58.9 Å². The summed E-state index contributed by atoms with van der Waals surface area (Å²) < 4.78 is 11.8. The smallest absolute Gasteiger partial charge is 0.0982 e. The molecule has 0 aliphatic carbocycles. The second-order valence-electron chi connectivity index (χ2n) is 5.61. The first-order valence-electron chi connectivity index (χ1n) is 7.58. The lowest BCUT2D eigenvalue weighted by Crippen LogP contribution is -2.32. The van der Waals surface area contributed by atoms with Crippen LogP contribution >= 0.6 is 0 Å². The van der Waals surface area contributed by atoms with Gasteiger partial charge in [0, 0.05) is 0 Å². The minimum Gasteiger partial charge on any atom is -0.386 e. The molecule has 0 radical (unpaired) electrons. The molecular weight excluding hydrogens is 256 g/mol. The van der Waals surface area contributed by atoms with Gasteiger partial charge in [0.2, 0.25) is 0 Å². The molecule has 0 bridgehead atoms. The number of rotatable bonds is 5. The third-order valence-electron chi connectivity index (χ3n) is 4.13. The zero-order chi connectivity index (χ0) is 14.5. The quantitative estimate of drug-likeness (QED) is 0.757. The molecule has 4 heteroatoms. The van der Waals surface area contributed by atoms with Gasteiger partial charge in [-0.3, -0.25) is 0 Å². The zero-order valence-corrected chi connectivity index (χ0v) is 12.3. The van der Waals surface area contributed by atoms with Gasteiger partial charge in [0.25, 0.3) is 0 Å². The summed E-state index contributed by atoms with van der Waals surface area (Å²) in [4.78, 5) is 0. The van der Waals surface area contributed by atoms with Crippen molar-refractivity contribution in [3.05, 3.63) is 24.3 Å². The van der Waals surface area contributed by atoms with Crippen molar-refractivity contribution in [3.8, 4) is 0 Å².